The second-order valence-corrected chi connectivity index (χ2v) is 5.63. The highest BCUT2D eigenvalue weighted by molar-refractivity contribution is 7.17. The Bertz CT molecular complexity index is 662. The van der Waals surface area contributed by atoms with Gasteiger partial charge in [0.2, 0.25) is 0 Å². The summed E-state index contributed by atoms with van der Waals surface area (Å²) in [5.74, 6) is -1.03. The first kappa shape index (κ1) is 12.8. The zero-order chi connectivity index (χ0) is 14.1. The maximum atomic E-state index is 12.0. The van der Waals surface area contributed by atoms with E-state index >= 15 is 0 Å². The Kier molecular flexibility index (Phi) is 3.23. The van der Waals surface area contributed by atoms with E-state index in [1.165, 1.54) is 0 Å². The molecule has 5 nitrogen and oxygen atoms in total. The van der Waals surface area contributed by atoms with Crippen LogP contribution in [0.25, 0.3) is 0 Å². The van der Waals surface area contributed by atoms with Gasteiger partial charge in [-0.3, -0.25) is 10.1 Å². The molecule has 0 unspecified atom stereocenters. The molecule has 6 heteroatoms. The third-order valence-corrected chi connectivity index (χ3v) is 4.04. The number of hydrogen-bond acceptors (Lipinski definition) is 4. The Morgan fingerprint density at radius 2 is 1.95 bits per heavy atom. The van der Waals surface area contributed by atoms with Crippen LogP contribution in [-0.4, -0.2) is 22.0 Å². The van der Waals surface area contributed by atoms with Crippen molar-refractivity contribution in [2.45, 2.75) is 18.8 Å². The molecule has 1 aliphatic carbocycles. The Morgan fingerprint density at radius 1 is 1.25 bits per heavy atom. The van der Waals surface area contributed by atoms with E-state index < -0.39 is 5.97 Å². The molecule has 1 aromatic heterocycles. The van der Waals surface area contributed by atoms with Gasteiger partial charge in [-0.15, -0.1) is 0 Å². The van der Waals surface area contributed by atoms with Crippen LogP contribution in [0.3, 0.4) is 0 Å². The Morgan fingerprint density at radius 3 is 2.55 bits per heavy atom. The molecular formula is C14H12N2O3S. The fraction of sp³-hybridized carbons (Fsp3) is 0.214. The lowest BCUT2D eigenvalue weighted by molar-refractivity contribution is 0.0700. The molecule has 0 saturated heterocycles. The summed E-state index contributed by atoms with van der Waals surface area (Å²) in [4.78, 5) is 27.7. The first-order chi connectivity index (χ1) is 9.65. The lowest BCUT2D eigenvalue weighted by Crippen LogP contribution is -2.11. The van der Waals surface area contributed by atoms with Gasteiger partial charge in [-0.1, -0.05) is 29.5 Å². The van der Waals surface area contributed by atoms with Crippen LogP contribution in [0.4, 0.5) is 5.13 Å². The number of nitrogens with zero attached hydrogens (tertiary/aromatic N) is 1. The smallest absolute Gasteiger partial charge is 0.347 e. The summed E-state index contributed by atoms with van der Waals surface area (Å²) in [5.41, 5.74) is 1.12. The van der Waals surface area contributed by atoms with E-state index in [0.717, 1.165) is 24.2 Å². The van der Waals surface area contributed by atoms with Gasteiger partial charge in [-0.05, 0) is 25.0 Å². The van der Waals surface area contributed by atoms with Crippen molar-refractivity contribution in [1.82, 2.24) is 4.98 Å². The van der Waals surface area contributed by atoms with Crippen LogP contribution in [0.15, 0.2) is 30.3 Å². The van der Waals surface area contributed by atoms with Gasteiger partial charge >= 0.3 is 5.97 Å². The van der Waals surface area contributed by atoms with Crippen molar-refractivity contribution in [2.24, 2.45) is 0 Å². The maximum absolute atomic E-state index is 12.0. The molecule has 2 N–H and O–H groups in total. The largest absolute Gasteiger partial charge is 0.477 e. The number of nitrogens with one attached hydrogen (secondary N) is 1. The van der Waals surface area contributed by atoms with E-state index in [2.05, 4.69) is 10.3 Å². The van der Waals surface area contributed by atoms with Crippen molar-refractivity contribution in [2.75, 3.05) is 5.32 Å². The molecule has 0 radical (unpaired) electrons. The number of benzene rings is 1. The number of carbonyl (C=O) groups excluding carboxylic acids is 1. The van der Waals surface area contributed by atoms with Gasteiger partial charge in [0.15, 0.2) is 5.13 Å². The SMILES string of the molecule is O=C(Nc1nc(C2CC2)c(C(=O)O)s1)c1ccccc1. The van der Waals surface area contributed by atoms with E-state index in [9.17, 15) is 9.59 Å². The van der Waals surface area contributed by atoms with E-state index in [-0.39, 0.29) is 16.7 Å². The Labute approximate surface area is 119 Å². The molecule has 2 aromatic rings. The van der Waals surface area contributed by atoms with Crippen LogP contribution in [0.1, 0.15) is 44.5 Å². The quantitative estimate of drug-likeness (QED) is 0.906. The molecule has 0 atom stereocenters. The van der Waals surface area contributed by atoms with Crippen LogP contribution < -0.4 is 5.32 Å². The Hall–Kier alpha value is -2.21. The van der Waals surface area contributed by atoms with Crippen molar-refractivity contribution in [3.63, 3.8) is 0 Å². The minimum atomic E-state index is -0.982. The number of hydrogen-bond donors (Lipinski definition) is 2. The fourth-order valence-electron chi connectivity index (χ4n) is 1.93. The average molecular weight is 288 g/mol. The molecule has 1 aromatic carbocycles. The van der Waals surface area contributed by atoms with Gasteiger partial charge in [-0.25, -0.2) is 9.78 Å². The first-order valence-electron chi connectivity index (χ1n) is 6.25. The molecule has 1 fully saturated rings. The molecule has 20 heavy (non-hydrogen) atoms. The van der Waals surface area contributed by atoms with E-state index in [4.69, 9.17) is 5.11 Å². The van der Waals surface area contributed by atoms with E-state index in [1.807, 2.05) is 6.07 Å². The second kappa shape index (κ2) is 5.05. The lowest BCUT2D eigenvalue weighted by atomic mass is 10.2. The third-order valence-electron chi connectivity index (χ3n) is 3.07. The molecule has 0 spiro atoms. The van der Waals surface area contributed by atoms with Crippen LogP contribution in [0.5, 0.6) is 0 Å². The van der Waals surface area contributed by atoms with Crippen LogP contribution >= 0.6 is 11.3 Å². The number of carboxylic acids is 1. The summed E-state index contributed by atoms with van der Waals surface area (Å²) < 4.78 is 0. The van der Waals surface area contributed by atoms with Crippen molar-refractivity contribution in [3.8, 4) is 0 Å². The normalized spacial score (nSPS) is 14.0. The predicted molar refractivity (Wildman–Crippen MR) is 75.4 cm³/mol. The monoisotopic (exact) mass is 288 g/mol. The molecule has 3 rings (SSSR count). The third kappa shape index (κ3) is 2.55. The zero-order valence-corrected chi connectivity index (χ0v) is 11.3. The Balaban J connectivity index is 1.83. The molecule has 0 bridgehead atoms. The van der Waals surface area contributed by atoms with Crippen LogP contribution in [0, 0.1) is 0 Å². The molecule has 1 heterocycles. The van der Waals surface area contributed by atoms with E-state index in [1.54, 1.807) is 24.3 Å². The number of anilines is 1. The van der Waals surface area contributed by atoms with Gasteiger partial charge in [0.1, 0.15) is 4.88 Å². The topological polar surface area (TPSA) is 79.3 Å². The standard InChI is InChI=1S/C14H12N2O3S/c17-12(9-4-2-1-3-5-9)16-14-15-10(8-6-7-8)11(20-14)13(18)19/h1-5,8H,6-7H2,(H,18,19)(H,15,16,17). The minimum absolute atomic E-state index is 0.232. The van der Waals surface area contributed by atoms with Gasteiger partial charge < -0.3 is 5.11 Å². The highest BCUT2D eigenvalue weighted by Gasteiger charge is 2.32. The first-order valence-corrected chi connectivity index (χ1v) is 7.07. The second-order valence-electron chi connectivity index (χ2n) is 4.63. The average Bonchev–Trinajstić information content (AvgIpc) is 3.21. The maximum Gasteiger partial charge on any atom is 0.347 e. The molecule has 1 aliphatic rings. The van der Waals surface area contributed by atoms with Gasteiger partial charge in [0.25, 0.3) is 5.91 Å². The van der Waals surface area contributed by atoms with Crippen molar-refractivity contribution >= 4 is 28.3 Å². The predicted octanol–water partition coefficient (Wildman–Crippen LogP) is 2.97. The van der Waals surface area contributed by atoms with E-state index in [0.29, 0.717) is 16.4 Å². The number of thiazole rings is 1. The molecule has 102 valence electrons. The summed E-state index contributed by atoms with van der Waals surface area (Å²) in [6, 6.07) is 8.77. The summed E-state index contributed by atoms with van der Waals surface area (Å²) in [7, 11) is 0. The summed E-state index contributed by atoms with van der Waals surface area (Å²) in [6.45, 7) is 0. The molecule has 1 amide bonds. The van der Waals surface area contributed by atoms with Gasteiger partial charge in [-0.2, -0.15) is 0 Å². The number of aromatic nitrogens is 1. The van der Waals surface area contributed by atoms with Crippen molar-refractivity contribution in [3.05, 3.63) is 46.5 Å². The van der Waals surface area contributed by atoms with Gasteiger partial charge in [0.05, 0.1) is 5.69 Å². The van der Waals surface area contributed by atoms with Gasteiger partial charge in [0, 0.05) is 11.5 Å². The summed E-state index contributed by atoms with van der Waals surface area (Å²) in [5, 5.41) is 12.2. The number of carbonyl (C=O) groups is 2. The fourth-order valence-corrected chi connectivity index (χ4v) is 2.82. The summed E-state index contributed by atoms with van der Waals surface area (Å²) in [6.07, 6.45) is 1.94. The van der Waals surface area contributed by atoms with Crippen LogP contribution in [0.2, 0.25) is 0 Å². The van der Waals surface area contributed by atoms with Crippen molar-refractivity contribution < 1.29 is 14.7 Å². The van der Waals surface area contributed by atoms with Crippen LogP contribution in [-0.2, 0) is 0 Å². The zero-order valence-electron chi connectivity index (χ0n) is 10.5. The summed E-state index contributed by atoms with van der Waals surface area (Å²) >= 11 is 1.02. The molecular weight excluding hydrogens is 276 g/mol. The number of aromatic carboxylic acids is 1. The number of rotatable bonds is 4. The molecule has 0 aliphatic heterocycles. The number of amides is 1. The highest BCUT2D eigenvalue weighted by Crippen LogP contribution is 2.43. The van der Waals surface area contributed by atoms with Crippen molar-refractivity contribution in [1.29, 1.82) is 0 Å². The molecule has 1 saturated carbocycles. The number of carboxylic acid groups (broad SMARTS) is 1. The minimum Gasteiger partial charge on any atom is -0.477 e. The highest BCUT2D eigenvalue weighted by atomic mass is 32.1. The lowest BCUT2D eigenvalue weighted by Gasteiger charge is -2.00.